The molecule has 96 valence electrons. The second kappa shape index (κ2) is 6.03. The highest BCUT2D eigenvalue weighted by atomic mass is 19.4. The summed E-state index contributed by atoms with van der Waals surface area (Å²) in [5, 5.41) is 0. The number of nitrogens with zero attached hydrogens (tertiary/aromatic N) is 1. The SMILES string of the molecule is CC(C)CCc1ccc(CCC(F)(F)F)nc1. The highest BCUT2D eigenvalue weighted by molar-refractivity contribution is 5.14. The maximum atomic E-state index is 12.0. The van der Waals surface area contributed by atoms with E-state index < -0.39 is 12.6 Å². The second-order valence-electron chi connectivity index (χ2n) is 4.71. The van der Waals surface area contributed by atoms with Gasteiger partial charge >= 0.3 is 6.18 Å². The Morgan fingerprint density at radius 3 is 2.35 bits per heavy atom. The van der Waals surface area contributed by atoms with Gasteiger partial charge in [-0.2, -0.15) is 13.2 Å². The van der Waals surface area contributed by atoms with Crippen LogP contribution in [0, 0.1) is 5.92 Å². The lowest BCUT2D eigenvalue weighted by atomic mass is 10.0. The molecule has 1 rings (SSSR count). The maximum Gasteiger partial charge on any atom is 0.389 e. The van der Waals surface area contributed by atoms with Crippen molar-refractivity contribution in [3.8, 4) is 0 Å². The van der Waals surface area contributed by atoms with Crippen molar-refractivity contribution in [2.24, 2.45) is 5.92 Å². The van der Waals surface area contributed by atoms with Crippen LogP contribution in [-0.4, -0.2) is 11.2 Å². The summed E-state index contributed by atoms with van der Waals surface area (Å²) in [6.45, 7) is 4.29. The lowest BCUT2D eigenvalue weighted by molar-refractivity contribution is -0.134. The normalized spacial score (nSPS) is 12.1. The van der Waals surface area contributed by atoms with Gasteiger partial charge in [0.1, 0.15) is 0 Å². The van der Waals surface area contributed by atoms with E-state index in [0.29, 0.717) is 11.6 Å². The molecule has 0 radical (unpaired) electrons. The number of alkyl halides is 3. The molecule has 0 aromatic carbocycles. The molecule has 0 unspecified atom stereocenters. The first-order valence-electron chi connectivity index (χ1n) is 5.87. The molecule has 0 amide bonds. The van der Waals surface area contributed by atoms with Crippen LogP contribution in [0.25, 0.3) is 0 Å². The lowest BCUT2D eigenvalue weighted by Gasteiger charge is -2.07. The van der Waals surface area contributed by atoms with Gasteiger partial charge in [-0.25, -0.2) is 0 Å². The van der Waals surface area contributed by atoms with Crippen LogP contribution in [0.1, 0.15) is 37.9 Å². The van der Waals surface area contributed by atoms with Crippen molar-refractivity contribution in [3.63, 3.8) is 0 Å². The van der Waals surface area contributed by atoms with Gasteiger partial charge in [0.2, 0.25) is 0 Å². The first-order chi connectivity index (χ1) is 7.87. The number of aryl methyl sites for hydroxylation is 2. The molecule has 0 saturated heterocycles. The fourth-order valence-corrected chi connectivity index (χ4v) is 1.48. The highest BCUT2D eigenvalue weighted by Gasteiger charge is 2.26. The topological polar surface area (TPSA) is 12.9 Å². The van der Waals surface area contributed by atoms with Gasteiger partial charge in [-0.1, -0.05) is 19.9 Å². The molecular formula is C13H18F3N. The molecule has 0 aliphatic heterocycles. The van der Waals surface area contributed by atoms with E-state index in [1.807, 2.05) is 6.07 Å². The van der Waals surface area contributed by atoms with Gasteiger partial charge in [0.05, 0.1) is 0 Å². The number of pyridine rings is 1. The summed E-state index contributed by atoms with van der Waals surface area (Å²) in [5.74, 6) is 0.625. The van der Waals surface area contributed by atoms with Crippen LogP contribution < -0.4 is 0 Å². The zero-order valence-corrected chi connectivity index (χ0v) is 10.2. The molecule has 0 spiro atoms. The van der Waals surface area contributed by atoms with Crippen molar-refractivity contribution in [2.75, 3.05) is 0 Å². The second-order valence-corrected chi connectivity index (χ2v) is 4.71. The molecule has 0 aliphatic carbocycles. The third-order valence-corrected chi connectivity index (χ3v) is 2.56. The van der Waals surface area contributed by atoms with E-state index in [9.17, 15) is 13.2 Å². The van der Waals surface area contributed by atoms with E-state index in [1.165, 1.54) is 0 Å². The molecule has 0 saturated carbocycles. The van der Waals surface area contributed by atoms with Gasteiger partial charge < -0.3 is 0 Å². The van der Waals surface area contributed by atoms with Gasteiger partial charge in [-0.3, -0.25) is 4.98 Å². The number of hydrogen-bond donors (Lipinski definition) is 0. The van der Waals surface area contributed by atoms with Crippen molar-refractivity contribution >= 4 is 0 Å². The minimum atomic E-state index is -4.10. The number of rotatable bonds is 5. The predicted octanol–water partition coefficient (Wildman–Crippen LogP) is 4.17. The Hall–Kier alpha value is -1.06. The molecule has 1 heterocycles. The van der Waals surface area contributed by atoms with Crippen LogP contribution in [0.15, 0.2) is 18.3 Å². The largest absolute Gasteiger partial charge is 0.389 e. The Kier molecular flexibility index (Phi) is 4.97. The molecule has 1 aromatic rings. The van der Waals surface area contributed by atoms with Crippen LogP contribution in [0.5, 0.6) is 0 Å². The van der Waals surface area contributed by atoms with E-state index in [2.05, 4.69) is 18.8 Å². The van der Waals surface area contributed by atoms with Crippen molar-refractivity contribution < 1.29 is 13.2 Å². The van der Waals surface area contributed by atoms with Crippen LogP contribution in [0.4, 0.5) is 13.2 Å². The minimum absolute atomic E-state index is 0.0338. The lowest BCUT2D eigenvalue weighted by Crippen LogP contribution is -2.09. The summed E-state index contributed by atoms with van der Waals surface area (Å²) in [5.41, 5.74) is 1.60. The average Bonchev–Trinajstić information content (AvgIpc) is 2.24. The molecule has 0 aliphatic rings. The molecule has 4 heteroatoms. The number of halogens is 3. The summed E-state index contributed by atoms with van der Waals surface area (Å²) in [4.78, 5) is 4.06. The van der Waals surface area contributed by atoms with Crippen molar-refractivity contribution in [3.05, 3.63) is 29.6 Å². The minimum Gasteiger partial charge on any atom is -0.261 e. The Morgan fingerprint density at radius 2 is 1.88 bits per heavy atom. The van der Waals surface area contributed by atoms with E-state index in [-0.39, 0.29) is 6.42 Å². The molecular weight excluding hydrogens is 227 g/mol. The molecule has 0 bridgehead atoms. The molecule has 1 nitrogen and oxygen atoms in total. The standard InChI is InChI=1S/C13H18F3N/c1-10(2)3-4-11-5-6-12(17-9-11)7-8-13(14,15)16/h5-6,9-10H,3-4,7-8H2,1-2H3. The monoisotopic (exact) mass is 245 g/mol. The fourth-order valence-electron chi connectivity index (χ4n) is 1.48. The Balaban J connectivity index is 2.45. The maximum absolute atomic E-state index is 12.0. The fraction of sp³-hybridized carbons (Fsp3) is 0.615. The van der Waals surface area contributed by atoms with E-state index in [1.54, 1.807) is 12.3 Å². The van der Waals surface area contributed by atoms with Gasteiger partial charge in [0, 0.05) is 18.3 Å². The molecule has 0 atom stereocenters. The zero-order valence-electron chi connectivity index (χ0n) is 10.2. The molecule has 0 fully saturated rings. The average molecular weight is 245 g/mol. The van der Waals surface area contributed by atoms with E-state index in [4.69, 9.17) is 0 Å². The van der Waals surface area contributed by atoms with Crippen LogP contribution in [0.2, 0.25) is 0 Å². The van der Waals surface area contributed by atoms with Gasteiger partial charge in [0.25, 0.3) is 0 Å². The van der Waals surface area contributed by atoms with Crippen molar-refractivity contribution in [2.45, 2.75) is 45.7 Å². The Morgan fingerprint density at radius 1 is 1.18 bits per heavy atom. The zero-order chi connectivity index (χ0) is 12.9. The predicted molar refractivity (Wildman–Crippen MR) is 61.8 cm³/mol. The first-order valence-corrected chi connectivity index (χ1v) is 5.87. The molecule has 17 heavy (non-hydrogen) atoms. The van der Waals surface area contributed by atoms with Crippen molar-refractivity contribution in [1.82, 2.24) is 4.98 Å². The van der Waals surface area contributed by atoms with Crippen molar-refractivity contribution in [1.29, 1.82) is 0 Å². The Labute approximate surface area is 100 Å². The summed E-state index contributed by atoms with van der Waals surface area (Å²) >= 11 is 0. The number of hydrogen-bond acceptors (Lipinski definition) is 1. The third-order valence-electron chi connectivity index (χ3n) is 2.56. The van der Waals surface area contributed by atoms with E-state index >= 15 is 0 Å². The summed E-state index contributed by atoms with van der Waals surface area (Å²) in [6.07, 6.45) is -1.24. The molecule has 1 aromatic heterocycles. The summed E-state index contributed by atoms with van der Waals surface area (Å²) in [7, 11) is 0. The van der Waals surface area contributed by atoms with Gasteiger partial charge in [-0.15, -0.1) is 0 Å². The van der Waals surface area contributed by atoms with E-state index in [0.717, 1.165) is 18.4 Å². The first kappa shape index (κ1) is 14.0. The molecule has 0 N–H and O–H groups in total. The third kappa shape index (κ3) is 6.29. The smallest absolute Gasteiger partial charge is 0.261 e. The quantitative estimate of drug-likeness (QED) is 0.758. The van der Waals surface area contributed by atoms with Gasteiger partial charge in [-0.05, 0) is 36.8 Å². The van der Waals surface area contributed by atoms with Crippen LogP contribution >= 0.6 is 0 Å². The number of aromatic nitrogens is 1. The summed E-state index contributed by atoms with van der Waals surface area (Å²) in [6, 6.07) is 3.57. The van der Waals surface area contributed by atoms with Crippen LogP contribution in [0.3, 0.4) is 0 Å². The Bertz CT molecular complexity index is 328. The highest BCUT2D eigenvalue weighted by Crippen LogP contribution is 2.21. The van der Waals surface area contributed by atoms with Gasteiger partial charge in [0.15, 0.2) is 0 Å². The summed E-state index contributed by atoms with van der Waals surface area (Å²) < 4.78 is 36.0. The van der Waals surface area contributed by atoms with Crippen LogP contribution in [-0.2, 0) is 12.8 Å².